The van der Waals surface area contributed by atoms with Crippen LogP contribution in [-0.2, 0) is 13.6 Å². The minimum absolute atomic E-state index is 0.0896. The number of carbonyl (C=O) groups excluding carboxylic acids is 1. The van der Waals surface area contributed by atoms with Crippen molar-refractivity contribution in [3.63, 3.8) is 0 Å². The van der Waals surface area contributed by atoms with E-state index in [-0.39, 0.29) is 5.91 Å². The van der Waals surface area contributed by atoms with E-state index in [0.29, 0.717) is 12.2 Å². The standard InChI is InChI=1S/C18H24N4O/c1-14-12-17(21(2)20-14)18(23)19-13-15-6-8-16(9-7-15)22-10-4-3-5-11-22/h6-9,12H,3-5,10-11,13H2,1-2H3,(H,19,23). The summed E-state index contributed by atoms with van der Waals surface area (Å²) >= 11 is 0. The molecule has 1 fully saturated rings. The number of aryl methyl sites for hydroxylation is 2. The van der Waals surface area contributed by atoms with Crippen LogP contribution < -0.4 is 10.2 Å². The number of carbonyl (C=O) groups is 1. The summed E-state index contributed by atoms with van der Waals surface area (Å²) in [7, 11) is 1.79. The SMILES string of the molecule is Cc1cc(C(=O)NCc2ccc(N3CCCCC3)cc2)n(C)n1. The first-order chi connectivity index (χ1) is 11.1. The van der Waals surface area contributed by atoms with Crippen LogP contribution in [0.15, 0.2) is 30.3 Å². The van der Waals surface area contributed by atoms with Crippen molar-refractivity contribution in [1.29, 1.82) is 0 Å². The molecule has 0 unspecified atom stereocenters. The summed E-state index contributed by atoms with van der Waals surface area (Å²) in [5.41, 5.74) is 3.83. The van der Waals surface area contributed by atoms with Crippen LogP contribution in [-0.4, -0.2) is 28.8 Å². The van der Waals surface area contributed by atoms with E-state index in [0.717, 1.165) is 24.3 Å². The second-order valence-electron chi connectivity index (χ2n) is 6.19. The Morgan fingerprint density at radius 2 is 1.87 bits per heavy atom. The normalized spacial score (nSPS) is 14.8. The van der Waals surface area contributed by atoms with Crippen LogP contribution in [0.3, 0.4) is 0 Å². The molecule has 3 rings (SSSR count). The second kappa shape index (κ2) is 6.86. The van der Waals surface area contributed by atoms with Crippen molar-refractivity contribution in [1.82, 2.24) is 15.1 Å². The number of rotatable bonds is 4. The molecular weight excluding hydrogens is 288 g/mol. The van der Waals surface area contributed by atoms with Crippen molar-refractivity contribution in [2.24, 2.45) is 7.05 Å². The first-order valence-electron chi connectivity index (χ1n) is 8.26. The van der Waals surface area contributed by atoms with E-state index in [1.165, 1.54) is 24.9 Å². The highest BCUT2D eigenvalue weighted by Crippen LogP contribution is 2.20. The molecule has 0 spiro atoms. The number of hydrogen-bond donors (Lipinski definition) is 1. The second-order valence-corrected chi connectivity index (χ2v) is 6.19. The lowest BCUT2D eigenvalue weighted by Gasteiger charge is -2.28. The average molecular weight is 312 g/mol. The fourth-order valence-electron chi connectivity index (χ4n) is 3.07. The number of hydrogen-bond acceptors (Lipinski definition) is 3. The summed E-state index contributed by atoms with van der Waals surface area (Å²) in [4.78, 5) is 14.6. The Labute approximate surface area is 137 Å². The van der Waals surface area contributed by atoms with Gasteiger partial charge in [-0.3, -0.25) is 9.48 Å². The third kappa shape index (κ3) is 3.73. The van der Waals surface area contributed by atoms with Gasteiger partial charge in [-0.25, -0.2) is 0 Å². The zero-order chi connectivity index (χ0) is 16.2. The Balaban J connectivity index is 1.58. The summed E-state index contributed by atoms with van der Waals surface area (Å²) in [6, 6.07) is 10.3. The smallest absolute Gasteiger partial charge is 0.269 e. The molecule has 0 saturated carbocycles. The Hall–Kier alpha value is -2.30. The monoisotopic (exact) mass is 312 g/mol. The molecule has 0 bridgehead atoms. The van der Waals surface area contributed by atoms with E-state index in [9.17, 15) is 4.79 Å². The number of nitrogens with one attached hydrogen (secondary N) is 1. The summed E-state index contributed by atoms with van der Waals surface area (Å²) in [5, 5.41) is 7.16. The van der Waals surface area contributed by atoms with Gasteiger partial charge < -0.3 is 10.2 Å². The van der Waals surface area contributed by atoms with Crippen LogP contribution in [0.25, 0.3) is 0 Å². The molecule has 0 aliphatic carbocycles. The van der Waals surface area contributed by atoms with Crippen molar-refractivity contribution in [2.45, 2.75) is 32.7 Å². The van der Waals surface area contributed by atoms with Crippen molar-refractivity contribution in [3.8, 4) is 0 Å². The predicted molar refractivity (Wildman–Crippen MR) is 91.6 cm³/mol. The summed E-state index contributed by atoms with van der Waals surface area (Å²) in [6.07, 6.45) is 3.90. The number of amides is 1. The maximum Gasteiger partial charge on any atom is 0.269 e. The Kier molecular flexibility index (Phi) is 4.65. The van der Waals surface area contributed by atoms with Gasteiger partial charge >= 0.3 is 0 Å². The van der Waals surface area contributed by atoms with Gasteiger partial charge in [0.05, 0.1) is 5.69 Å². The molecule has 1 aromatic carbocycles. The molecule has 1 aliphatic rings. The van der Waals surface area contributed by atoms with E-state index >= 15 is 0 Å². The van der Waals surface area contributed by atoms with Gasteiger partial charge in [0.15, 0.2) is 0 Å². The minimum Gasteiger partial charge on any atom is -0.372 e. The zero-order valence-electron chi connectivity index (χ0n) is 13.9. The van der Waals surface area contributed by atoms with Crippen molar-refractivity contribution in [3.05, 3.63) is 47.3 Å². The van der Waals surface area contributed by atoms with E-state index in [1.54, 1.807) is 17.8 Å². The average Bonchev–Trinajstić information content (AvgIpc) is 2.92. The molecule has 122 valence electrons. The molecule has 2 aromatic rings. The van der Waals surface area contributed by atoms with Crippen LogP contribution in [0.4, 0.5) is 5.69 Å². The Bertz CT molecular complexity index is 669. The molecule has 1 saturated heterocycles. The Morgan fingerprint density at radius 3 is 2.48 bits per heavy atom. The van der Waals surface area contributed by atoms with Crippen molar-refractivity contribution in [2.75, 3.05) is 18.0 Å². The molecule has 5 heteroatoms. The molecule has 1 aromatic heterocycles. The lowest BCUT2D eigenvalue weighted by molar-refractivity contribution is 0.0941. The molecular formula is C18H24N4O. The molecule has 5 nitrogen and oxygen atoms in total. The van der Waals surface area contributed by atoms with Gasteiger partial charge in [0, 0.05) is 32.4 Å². The number of aromatic nitrogens is 2. The lowest BCUT2D eigenvalue weighted by Crippen LogP contribution is -2.29. The first-order valence-corrected chi connectivity index (χ1v) is 8.26. The van der Waals surface area contributed by atoms with Gasteiger partial charge in [0.1, 0.15) is 5.69 Å². The largest absolute Gasteiger partial charge is 0.372 e. The number of piperidine rings is 1. The Morgan fingerprint density at radius 1 is 1.17 bits per heavy atom. The van der Waals surface area contributed by atoms with Crippen molar-refractivity contribution < 1.29 is 4.79 Å². The fraction of sp³-hybridized carbons (Fsp3) is 0.444. The van der Waals surface area contributed by atoms with Crippen LogP contribution in [0, 0.1) is 6.92 Å². The van der Waals surface area contributed by atoms with E-state index in [1.807, 2.05) is 6.92 Å². The highest BCUT2D eigenvalue weighted by atomic mass is 16.2. The van der Waals surface area contributed by atoms with E-state index in [2.05, 4.69) is 39.6 Å². The summed E-state index contributed by atoms with van der Waals surface area (Å²) in [6.45, 7) is 4.71. The lowest BCUT2D eigenvalue weighted by atomic mass is 10.1. The first kappa shape index (κ1) is 15.6. The maximum absolute atomic E-state index is 12.2. The van der Waals surface area contributed by atoms with E-state index < -0.39 is 0 Å². The van der Waals surface area contributed by atoms with Gasteiger partial charge in [0.25, 0.3) is 5.91 Å². The molecule has 1 aliphatic heterocycles. The molecule has 23 heavy (non-hydrogen) atoms. The maximum atomic E-state index is 12.2. The zero-order valence-corrected chi connectivity index (χ0v) is 13.9. The van der Waals surface area contributed by atoms with Gasteiger partial charge in [0.2, 0.25) is 0 Å². The molecule has 0 radical (unpaired) electrons. The van der Waals surface area contributed by atoms with E-state index in [4.69, 9.17) is 0 Å². The number of anilines is 1. The highest BCUT2D eigenvalue weighted by Gasteiger charge is 2.12. The predicted octanol–water partition coefficient (Wildman–Crippen LogP) is 2.65. The van der Waals surface area contributed by atoms with Crippen molar-refractivity contribution >= 4 is 11.6 Å². The van der Waals surface area contributed by atoms with Crippen LogP contribution in [0.5, 0.6) is 0 Å². The van der Waals surface area contributed by atoms with Gasteiger partial charge in [-0.15, -0.1) is 0 Å². The molecule has 1 N–H and O–H groups in total. The fourth-order valence-corrected chi connectivity index (χ4v) is 3.07. The van der Waals surface area contributed by atoms with Crippen LogP contribution in [0.2, 0.25) is 0 Å². The van der Waals surface area contributed by atoms with Crippen LogP contribution in [0.1, 0.15) is 41.0 Å². The topological polar surface area (TPSA) is 50.2 Å². The van der Waals surface area contributed by atoms with Crippen LogP contribution >= 0.6 is 0 Å². The highest BCUT2D eigenvalue weighted by molar-refractivity contribution is 5.92. The number of nitrogens with zero attached hydrogens (tertiary/aromatic N) is 3. The molecule has 1 amide bonds. The number of benzene rings is 1. The minimum atomic E-state index is -0.0896. The quantitative estimate of drug-likeness (QED) is 0.944. The third-order valence-electron chi connectivity index (χ3n) is 4.35. The third-order valence-corrected chi connectivity index (χ3v) is 4.35. The van der Waals surface area contributed by atoms with Gasteiger partial charge in [-0.1, -0.05) is 12.1 Å². The summed E-state index contributed by atoms with van der Waals surface area (Å²) in [5.74, 6) is -0.0896. The molecule has 2 heterocycles. The van der Waals surface area contributed by atoms with Gasteiger partial charge in [-0.05, 0) is 49.9 Å². The van der Waals surface area contributed by atoms with Gasteiger partial charge in [-0.2, -0.15) is 5.10 Å². The molecule has 0 atom stereocenters. The summed E-state index contributed by atoms with van der Waals surface area (Å²) < 4.78 is 1.62.